The fourth-order valence-corrected chi connectivity index (χ4v) is 3.68. The van der Waals surface area contributed by atoms with E-state index in [-0.39, 0.29) is 30.4 Å². The fraction of sp³-hybridized carbons (Fsp3) is 0.765. The highest BCUT2D eigenvalue weighted by Gasteiger charge is 2.37. The Labute approximate surface area is 147 Å². The number of hydrogen-bond acceptors (Lipinski definition) is 6. The smallest absolute Gasteiger partial charge is 0.278 e. The number of aromatic nitrogens is 2. The van der Waals surface area contributed by atoms with Crippen molar-refractivity contribution in [3.8, 4) is 5.88 Å². The second kappa shape index (κ2) is 8.31. The average Bonchev–Trinajstić information content (AvgIpc) is 3.28. The zero-order valence-corrected chi connectivity index (χ0v) is 14.7. The molecule has 25 heavy (non-hydrogen) atoms. The van der Waals surface area contributed by atoms with Crippen LogP contribution in [0.25, 0.3) is 0 Å². The van der Waals surface area contributed by atoms with Crippen molar-refractivity contribution in [3.63, 3.8) is 0 Å². The summed E-state index contributed by atoms with van der Waals surface area (Å²) in [7, 11) is 0. The molecular formula is C17H26N4O4. The minimum Gasteiger partial charge on any atom is -0.472 e. The van der Waals surface area contributed by atoms with Gasteiger partial charge in [0, 0.05) is 12.5 Å². The van der Waals surface area contributed by atoms with Gasteiger partial charge in [0.15, 0.2) is 0 Å². The molecule has 2 aliphatic rings. The van der Waals surface area contributed by atoms with Gasteiger partial charge in [-0.1, -0.05) is 24.4 Å². The van der Waals surface area contributed by atoms with E-state index in [1.165, 1.54) is 6.42 Å². The minimum absolute atomic E-state index is 0.0970. The van der Waals surface area contributed by atoms with Crippen LogP contribution in [0, 0.1) is 12.8 Å². The maximum absolute atomic E-state index is 12.7. The van der Waals surface area contributed by atoms with Crippen molar-refractivity contribution < 1.29 is 19.0 Å². The van der Waals surface area contributed by atoms with Gasteiger partial charge in [-0.05, 0) is 37.8 Å². The van der Waals surface area contributed by atoms with Crippen molar-refractivity contribution in [2.24, 2.45) is 5.92 Å². The van der Waals surface area contributed by atoms with Crippen LogP contribution >= 0.6 is 0 Å². The molecular weight excluding hydrogens is 324 g/mol. The zero-order valence-electron chi connectivity index (χ0n) is 14.7. The quantitative estimate of drug-likeness (QED) is 0.780. The number of aryl methyl sites for hydroxylation is 1. The van der Waals surface area contributed by atoms with Crippen molar-refractivity contribution in [1.29, 1.82) is 0 Å². The Morgan fingerprint density at radius 3 is 2.72 bits per heavy atom. The van der Waals surface area contributed by atoms with Crippen LogP contribution in [-0.2, 0) is 9.59 Å². The lowest BCUT2D eigenvalue weighted by Gasteiger charge is -2.30. The van der Waals surface area contributed by atoms with Crippen LogP contribution in [0.2, 0.25) is 0 Å². The van der Waals surface area contributed by atoms with E-state index in [2.05, 4.69) is 20.3 Å². The molecule has 0 spiro atoms. The second-order valence-corrected chi connectivity index (χ2v) is 6.82. The molecule has 1 aliphatic heterocycles. The van der Waals surface area contributed by atoms with Gasteiger partial charge in [-0.3, -0.25) is 9.59 Å². The summed E-state index contributed by atoms with van der Waals surface area (Å²) >= 11 is 0. The van der Waals surface area contributed by atoms with Crippen molar-refractivity contribution in [3.05, 3.63) is 5.69 Å². The average molecular weight is 350 g/mol. The van der Waals surface area contributed by atoms with Crippen molar-refractivity contribution in [2.45, 2.75) is 57.9 Å². The lowest BCUT2D eigenvalue weighted by atomic mass is 9.88. The Balaban J connectivity index is 1.45. The molecule has 1 unspecified atom stereocenters. The molecule has 1 saturated heterocycles. The van der Waals surface area contributed by atoms with Gasteiger partial charge in [0.2, 0.25) is 11.8 Å². The van der Waals surface area contributed by atoms with Crippen LogP contribution in [-0.4, -0.2) is 52.8 Å². The van der Waals surface area contributed by atoms with E-state index < -0.39 is 0 Å². The number of carbonyl (C=O) groups excluding carboxylic acids is 2. The lowest BCUT2D eigenvalue weighted by Crippen LogP contribution is -2.48. The third kappa shape index (κ3) is 4.29. The highest BCUT2D eigenvalue weighted by molar-refractivity contribution is 5.89. The third-order valence-electron chi connectivity index (χ3n) is 5.04. The molecule has 0 bridgehead atoms. The van der Waals surface area contributed by atoms with Gasteiger partial charge in [-0.15, -0.1) is 0 Å². The van der Waals surface area contributed by atoms with Crippen molar-refractivity contribution >= 4 is 11.8 Å². The third-order valence-corrected chi connectivity index (χ3v) is 5.04. The predicted octanol–water partition coefficient (Wildman–Crippen LogP) is 1.44. The first-order chi connectivity index (χ1) is 12.2. The maximum atomic E-state index is 12.7. The lowest BCUT2D eigenvalue weighted by molar-refractivity contribution is -0.142. The number of hydrogen-bond donors (Lipinski definition) is 1. The first-order valence-electron chi connectivity index (χ1n) is 9.17. The number of nitrogens with one attached hydrogen (secondary N) is 1. The number of nitrogens with zero attached hydrogens (tertiary/aromatic N) is 3. The van der Waals surface area contributed by atoms with Crippen molar-refractivity contribution in [2.75, 3.05) is 19.7 Å². The molecule has 1 aromatic heterocycles. The molecule has 2 fully saturated rings. The van der Waals surface area contributed by atoms with Crippen LogP contribution in [0.5, 0.6) is 5.88 Å². The summed E-state index contributed by atoms with van der Waals surface area (Å²) in [5.74, 6) is 0.510. The molecule has 0 radical (unpaired) electrons. The first-order valence-corrected chi connectivity index (χ1v) is 9.17. The highest BCUT2D eigenvalue weighted by Crippen LogP contribution is 2.28. The maximum Gasteiger partial charge on any atom is 0.278 e. The molecule has 1 saturated carbocycles. The van der Waals surface area contributed by atoms with Gasteiger partial charge in [0.05, 0.1) is 6.54 Å². The normalized spacial score (nSPS) is 21.3. The Hall–Kier alpha value is -2.12. The molecule has 1 aromatic rings. The van der Waals surface area contributed by atoms with Gasteiger partial charge in [0.1, 0.15) is 18.3 Å². The van der Waals surface area contributed by atoms with Gasteiger partial charge in [-0.25, -0.2) is 4.63 Å². The first kappa shape index (κ1) is 17.7. The molecule has 2 amide bonds. The minimum atomic E-state index is -0.343. The largest absolute Gasteiger partial charge is 0.472 e. The number of ether oxygens (including phenoxy) is 1. The molecule has 2 heterocycles. The Morgan fingerprint density at radius 1 is 1.20 bits per heavy atom. The summed E-state index contributed by atoms with van der Waals surface area (Å²) < 4.78 is 9.94. The Kier molecular flexibility index (Phi) is 5.88. The Morgan fingerprint density at radius 2 is 2.00 bits per heavy atom. The molecule has 8 nitrogen and oxygen atoms in total. The van der Waals surface area contributed by atoms with Gasteiger partial charge in [0.25, 0.3) is 5.88 Å². The molecule has 3 rings (SSSR count). The molecule has 1 N–H and O–H groups in total. The molecule has 1 atom stereocenters. The topological polar surface area (TPSA) is 97.6 Å². The van der Waals surface area contributed by atoms with E-state index in [4.69, 9.17) is 4.74 Å². The summed E-state index contributed by atoms with van der Waals surface area (Å²) in [6.07, 6.45) is 7.00. The monoisotopic (exact) mass is 350 g/mol. The molecule has 8 heteroatoms. The predicted molar refractivity (Wildman–Crippen MR) is 88.8 cm³/mol. The van der Waals surface area contributed by atoms with Gasteiger partial charge in [-0.2, -0.15) is 0 Å². The van der Waals surface area contributed by atoms with Gasteiger partial charge >= 0.3 is 0 Å². The van der Waals surface area contributed by atoms with Crippen LogP contribution in [0.15, 0.2) is 4.63 Å². The number of carbonyl (C=O) groups is 2. The summed E-state index contributed by atoms with van der Waals surface area (Å²) in [5, 5.41) is 10.1. The molecule has 0 aromatic carbocycles. The van der Waals surface area contributed by atoms with E-state index in [0.717, 1.165) is 38.5 Å². The number of likely N-dealkylation sites (tertiary alicyclic amines) is 1. The number of rotatable bonds is 6. The number of amides is 2. The SMILES string of the molecule is Cc1nonc1OCCNC(=O)C1CCCN1C(=O)C1CCCCC1. The fourth-order valence-electron chi connectivity index (χ4n) is 3.68. The van der Waals surface area contributed by atoms with Crippen LogP contribution < -0.4 is 10.1 Å². The van der Waals surface area contributed by atoms with E-state index >= 15 is 0 Å². The van der Waals surface area contributed by atoms with E-state index in [0.29, 0.717) is 24.7 Å². The van der Waals surface area contributed by atoms with Crippen LogP contribution in [0.1, 0.15) is 50.6 Å². The van der Waals surface area contributed by atoms with E-state index in [1.54, 1.807) is 11.8 Å². The van der Waals surface area contributed by atoms with Crippen LogP contribution in [0.3, 0.4) is 0 Å². The molecule has 138 valence electrons. The highest BCUT2D eigenvalue weighted by atomic mass is 16.6. The second-order valence-electron chi connectivity index (χ2n) is 6.82. The summed E-state index contributed by atoms with van der Waals surface area (Å²) in [5.41, 5.74) is 0.575. The summed E-state index contributed by atoms with van der Waals surface area (Å²) in [6.45, 7) is 3.06. The van der Waals surface area contributed by atoms with E-state index in [9.17, 15) is 9.59 Å². The van der Waals surface area contributed by atoms with E-state index in [1.807, 2.05) is 0 Å². The standard InChI is InChI=1S/C17H26N4O4/c1-12-16(20-25-19-12)24-11-9-18-15(22)14-8-5-10-21(14)17(23)13-6-3-2-4-7-13/h13-14H,2-11H2,1H3,(H,18,22). The molecule has 1 aliphatic carbocycles. The van der Waals surface area contributed by atoms with Crippen LogP contribution in [0.4, 0.5) is 0 Å². The summed E-state index contributed by atoms with van der Waals surface area (Å²) in [6, 6.07) is -0.343. The Bertz CT molecular complexity index is 597. The summed E-state index contributed by atoms with van der Waals surface area (Å²) in [4.78, 5) is 27.0. The van der Waals surface area contributed by atoms with Crippen molar-refractivity contribution in [1.82, 2.24) is 20.5 Å². The van der Waals surface area contributed by atoms with Gasteiger partial charge < -0.3 is 15.0 Å². The zero-order chi connectivity index (χ0) is 17.6.